The summed E-state index contributed by atoms with van der Waals surface area (Å²) in [5.74, 6) is 0.838. The van der Waals surface area contributed by atoms with Crippen LogP contribution in [0.2, 0.25) is 0 Å². The summed E-state index contributed by atoms with van der Waals surface area (Å²) in [6, 6.07) is 12.9. The second kappa shape index (κ2) is 9.82. The average molecular weight is 465 g/mol. The molecule has 0 spiro atoms. The molecule has 4 heterocycles. The molecule has 2 saturated heterocycles. The van der Waals surface area contributed by atoms with Gasteiger partial charge in [0.1, 0.15) is 18.1 Å². The summed E-state index contributed by atoms with van der Waals surface area (Å²) < 4.78 is 25.7. The Morgan fingerprint density at radius 2 is 1.79 bits per heavy atom. The first-order valence-corrected chi connectivity index (χ1v) is 12.4. The van der Waals surface area contributed by atoms with E-state index in [9.17, 15) is 0 Å². The summed E-state index contributed by atoms with van der Waals surface area (Å²) in [6.07, 6.45) is 3.22. The Morgan fingerprint density at radius 3 is 2.68 bits per heavy atom. The van der Waals surface area contributed by atoms with Crippen LogP contribution in [0.25, 0.3) is 22.2 Å². The summed E-state index contributed by atoms with van der Waals surface area (Å²) in [7, 11) is 0. The van der Waals surface area contributed by atoms with E-state index in [1.807, 2.05) is 0 Å². The standard InChI is InChI=1S/C26H32N4O4/c1-2-9-34-25(3-1)30-24-5-4-20-17-23(24)26(28-30)19-15-21(29-7-11-32-12-8-29)18-22(16-19)33-14-13-31-10-6-27-20/h4-5,15-18,25,27H,1-3,6-14H2. The molecule has 6 rings (SSSR count). The Balaban J connectivity index is 1.50. The smallest absolute Gasteiger partial charge is 0.150 e. The van der Waals surface area contributed by atoms with Crippen LogP contribution in [-0.4, -0.2) is 69.1 Å². The van der Waals surface area contributed by atoms with Crippen LogP contribution in [-0.2, 0) is 14.2 Å². The van der Waals surface area contributed by atoms with Crippen molar-refractivity contribution >= 4 is 22.3 Å². The van der Waals surface area contributed by atoms with Crippen LogP contribution < -0.4 is 15.0 Å². The number of benzene rings is 2. The van der Waals surface area contributed by atoms with Crippen LogP contribution in [0.5, 0.6) is 5.75 Å². The number of nitrogens with one attached hydrogen (secondary N) is 1. The predicted octanol–water partition coefficient (Wildman–Crippen LogP) is 4.06. The second-order valence-corrected chi connectivity index (χ2v) is 9.05. The molecule has 8 nitrogen and oxygen atoms in total. The van der Waals surface area contributed by atoms with Gasteiger partial charge in [0.15, 0.2) is 6.23 Å². The van der Waals surface area contributed by atoms with E-state index in [4.69, 9.17) is 24.0 Å². The number of nitrogens with zero attached hydrogens (tertiary/aromatic N) is 3. The first-order chi connectivity index (χ1) is 16.8. The molecule has 0 saturated carbocycles. The summed E-state index contributed by atoms with van der Waals surface area (Å²) >= 11 is 0. The van der Waals surface area contributed by atoms with Gasteiger partial charge in [-0.25, -0.2) is 4.68 Å². The number of morpholine rings is 1. The van der Waals surface area contributed by atoms with E-state index in [0.717, 1.165) is 98.0 Å². The number of ether oxygens (including phenoxy) is 4. The zero-order valence-corrected chi connectivity index (χ0v) is 19.5. The minimum absolute atomic E-state index is 0.0301. The number of rotatable bonds is 2. The normalized spacial score (nSPS) is 21.6. The Morgan fingerprint density at radius 1 is 0.882 bits per heavy atom. The van der Waals surface area contributed by atoms with Crippen molar-refractivity contribution in [3.05, 3.63) is 36.4 Å². The van der Waals surface area contributed by atoms with E-state index in [1.165, 1.54) is 0 Å². The van der Waals surface area contributed by atoms with E-state index in [-0.39, 0.29) is 6.23 Å². The van der Waals surface area contributed by atoms with E-state index in [0.29, 0.717) is 19.8 Å². The van der Waals surface area contributed by atoms with Crippen LogP contribution in [0, 0.1) is 0 Å². The molecule has 3 aromatic rings. The molecule has 1 aromatic heterocycles. The first kappa shape index (κ1) is 21.7. The van der Waals surface area contributed by atoms with Crippen molar-refractivity contribution in [1.29, 1.82) is 0 Å². The zero-order chi connectivity index (χ0) is 22.7. The van der Waals surface area contributed by atoms with Crippen LogP contribution in [0.4, 0.5) is 11.4 Å². The van der Waals surface area contributed by atoms with Crippen molar-refractivity contribution < 1.29 is 18.9 Å². The van der Waals surface area contributed by atoms with Gasteiger partial charge in [0.25, 0.3) is 0 Å². The molecule has 1 unspecified atom stereocenters. The van der Waals surface area contributed by atoms with Crippen molar-refractivity contribution in [3.63, 3.8) is 0 Å². The summed E-state index contributed by atoms with van der Waals surface area (Å²) in [6.45, 7) is 6.42. The van der Waals surface area contributed by atoms with Crippen molar-refractivity contribution in [3.8, 4) is 17.0 Å². The van der Waals surface area contributed by atoms with E-state index >= 15 is 0 Å². The molecule has 0 amide bonds. The van der Waals surface area contributed by atoms with Gasteiger partial charge in [-0.3, -0.25) is 0 Å². The van der Waals surface area contributed by atoms with Gasteiger partial charge in [-0.15, -0.1) is 0 Å². The van der Waals surface area contributed by atoms with Gasteiger partial charge in [-0.05, 0) is 49.6 Å². The Hall–Kier alpha value is -2.81. The third-order valence-corrected chi connectivity index (χ3v) is 6.75. The lowest BCUT2D eigenvalue weighted by atomic mass is 10.1. The fourth-order valence-electron chi connectivity index (χ4n) is 5.00. The maximum Gasteiger partial charge on any atom is 0.150 e. The lowest BCUT2D eigenvalue weighted by molar-refractivity contribution is -0.0365. The lowest BCUT2D eigenvalue weighted by Gasteiger charge is -2.29. The molecule has 4 bridgehead atoms. The van der Waals surface area contributed by atoms with Crippen LogP contribution >= 0.6 is 0 Å². The second-order valence-electron chi connectivity index (χ2n) is 9.05. The van der Waals surface area contributed by atoms with Gasteiger partial charge in [0.2, 0.25) is 0 Å². The Labute approximate surface area is 199 Å². The fraction of sp³-hybridized carbons (Fsp3) is 0.500. The number of aromatic nitrogens is 2. The van der Waals surface area contributed by atoms with Gasteiger partial charge < -0.3 is 29.2 Å². The maximum atomic E-state index is 6.13. The topological polar surface area (TPSA) is 70.0 Å². The number of fused-ring (bicyclic) bond motifs is 4. The molecule has 2 aromatic carbocycles. The highest BCUT2D eigenvalue weighted by Crippen LogP contribution is 2.37. The molecule has 1 N–H and O–H groups in total. The summed E-state index contributed by atoms with van der Waals surface area (Å²) in [4.78, 5) is 2.36. The van der Waals surface area contributed by atoms with Crippen LogP contribution in [0.3, 0.4) is 0 Å². The minimum atomic E-state index is -0.0301. The minimum Gasteiger partial charge on any atom is -0.491 e. The zero-order valence-electron chi connectivity index (χ0n) is 19.5. The fourth-order valence-corrected chi connectivity index (χ4v) is 5.00. The third kappa shape index (κ3) is 4.45. The molecule has 3 aliphatic rings. The molecule has 2 fully saturated rings. The van der Waals surface area contributed by atoms with E-state index in [1.54, 1.807) is 0 Å². The van der Waals surface area contributed by atoms with Gasteiger partial charge in [-0.1, -0.05) is 0 Å². The van der Waals surface area contributed by atoms with Crippen LogP contribution in [0.1, 0.15) is 25.5 Å². The molecule has 0 aliphatic carbocycles. The first-order valence-electron chi connectivity index (χ1n) is 12.4. The highest BCUT2D eigenvalue weighted by molar-refractivity contribution is 5.96. The van der Waals surface area contributed by atoms with Crippen molar-refractivity contribution in [1.82, 2.24) is 9.78 Å². The van der Waals surface area contributed by atoms with Crippen molar-refractivity contribution in [2.24, 2.45) is 0 Å². The van der Waals surface area contributed by atoms with Crippen molar-refractivity contribution in [2.45, 2.75) is 25.5 Å². The number of hydrogen-bond donors (Lipinski definition) is 1. The number of hydrogen-bond acceptors (Lipinski definition) is 7. The molecule has 3 aliphatic heterocycles. The molecule has 0 radical (unpaired) electrons. The van der Waals surface area contributed by atoms with E-state index in [2.05, 4.69) is 51.3 Å². The largest absolute Gasteiger partial charge is 0.491 e. The van der Waals surface area contributed by atoms with E-state index < -0.39 is 0 Å². The lowest BCUT2D eigenvalue weighted by Crippen LogP contribution is -2.36. The third-order valence-electron chi connectivity index (χ3n) is 6.75. The quantitative estimate of drug-likeness (QED) is 0.613. The predicted molar refractivity (Wildman–Crippen MR) is 132 cm³/mol. The molecular formula is C26H32N4O4. The molecule has 1 atom stereocenters. The Bertz CT molecular complexity index is 1140. The SMILES string of the molecule is c1cc2c3cc1NCCOCCOc1cc(cc(N4CCOCC4)c1)-c3nn2C1CCCCO1. The molecular weight excluding hydrogens is 432 g/mol. The molecule has 8 heteroatoms. The number of anilines is 2. The molecule has 180 valence electrons. The van der Waals surface area contributed by atoms with Gasteiger partial charge >= 0.3 is 0 Å². The maximum absolute atomic E-state index is 6.13. The molecule has 34 heavy (non-hydrogen) atoms. The summed E-state index contributed by atoms with van der Waals surface area (Å²) in [5, 5.41) is 9.75. The van der Waals surface area contributed by atoms with Gasteiger partial charge in [-0.2, -0.15) is 5.10 Å². The van der Waals surface area contributed by atoms with Crippen molar-refractivity contribution in [2.75, 3.05) is 69.5 Å². The highest BCUT2D eigenvalue weighted by atomic mass is 16.5. The summed E-state index contributed by atoms with van der Waals surface area (Å²) in [5.41, 5.74) is 5.30. The van der Waals surface area contributed by atoms with Crippen LogP contribution in [0.15, 0.2) is 36.4 Å². The average Bonchev–Trinajstić information content (AvgIpc) is 3.27. The monoisotopic (exact) mass is 464 g/mol. The Kier molecular flexibility index (Phi) is 6.27. The van der Waals surface area contributed by atoms with Gasteiger partial charge in [0.05, 0.1) is 31.9 Å². The highest BCUT2D eigenvalue weighted by Gasteiger charge is 2.23. The van der Waals surface area contributed by atoms with Gasteiger partial charge in [0, 0.05) is 54.6 Å².